The number of nitrogens with one attached hydrogen (secondary N) is 1. The van der Waals surface area contributed by atoms with Crippen molar-refractivity contribution in [1.29, 1.82) is 0 Å². The quantitative estimate of drug-likeness (QED) is 0.746. The topological polar surface area (TPSA) is 75.6 Å². The van der Waals surface area contributed by atoms with Gasteiger partial charge >= 0.3 is 12.1 Å². The normalized spacial score (nSPS) is 11.5. The molecule has 0 bridgehead atoms. The zero-order valence-corrected chi connectivity index (χ0v) is 14.1. The van der Waals surface area contributed by atoms with Crippen molar-refractivity contribution in [1.82, 2.24) is 5.32 Å². The second-order valence-corrected chi connectivity index (χ2v) is 6.01. The number of thioether (sulfide) groups is 1. The number of carbonyl (C=O) groups is 2. The van der Waals surface area contributed by atoms with Crippen LogP contribution in [0.5, 0.6) is 0 Å². The van der Waals surface area contributed by atoms with E-state index in [1.165, 1.54) is 0 Å². The van der Waals surface area contributed by atoms with Crippen LogP contribution in [0.15, 0.2) is 59.5 Å². The molecule has 24 heavy (non-hydrogen) atoms. The first-order valence-corrected chi connectivity index (χ1v) is 8.64. The van der Waals surface area contributed by atoms with Crippen molar-refractivity contribution in [2.45, 2.75) is 24.0 Å². The molecule has 2 aromatic rings. The van der Waals surface area contributed by atoms with E-state index in [4.69, 9.17) is 9.84 Å². The summed E-state index contributed by atoms with van der Waals surface area (Å²) in [5.74, 6) is -0.989. The highest BCUT2D eigenvalue weighted by atomic mass is 32.2. The summed E-state index contributed by atoms with van der Waals surface area (Å²) < 4.78 is 5.16. The van der Waals surface area contributed by atoms with Crippen LogP contribution in [0.4, 0.5) is 4.79 Å². The van der Waals surface area contributed by atoms with Gasteiger partial charge < -0.3 is 15.2 Å². The molecule has 2 rings (SSSR count). The van der Waals surface area contributed by atoms with Crippen molar-refractivity contribution in [3.63, 3.8) is 0 Å². The van der Waals surface area contributed by atoms with E-state index in [1.807, 2.05) is 60.9 Å². The van der Waals surface area contributed by atoms with Gasteiger partial charge in [0.05, 0.1) is 12.5 Å². The Kier molecular flexibility index (Phi) is 6.69. The number of carboxylic acid groups (broad SMARTS) is 1. The molecule has 0 saturated carbocycles. The SMILES string of the molecule is CSc1ccc(C(CC(=O)O)NC(=O)OCc2ccccc2)cc1. The summed E-state index contributed by atoms with van der Waals surface area (Å²) in [6.45, 7) is 0.137. The predicted molar refractivity (Wildman–Crippen MR) is 93.0 cm³/mol. The molecule has 1 unspecified atom stereocenters. The van der Waals surface area contributed by atoms with Crippen LogP contribution in [-0.2, 0) is 16.1 Å². The van der Waals surface area contributed by atoms with E-state index >= 15 is 0 Å². The third kappa shape index (κ3) is 5.62. The highest BCUT2D eigenvalue weighted by Crippen LogP contribution is 2.21. The first-order valence-electron chi connectivity index (χ1n) is 7.41. The number of aliphatic carboxylic acids is 1. The Hall–Kier alpha value is -2.47. The number of ether oxygens (including phenoxy) is 1. The lowest BCUT2D eigenvalue weighted by molar-refractivity contribution is -0.137. The molecule has 0 aromatic heterocycles. The molecule has 1 atom stereocenters. The van der Waals surface area contributed by atoms with E-state index in [2.05, 4.69) is 5.32 Å². The van der Waals surface area contributed by atoms with Crippen molar-refractivity contribution < 1.29 is 19.4 Å². The van der Waals surface area contributed by atoms with Crippen LogP contribution >= 0.6 is 11.8 Å². The number of carboxylic acids is 1. The molecular formula is C18H19NO4S. The number of hydrogen-bond acceptors (Lipinski definition) is 4. The van der Waals surface area contributed by atoms with Gasteiger partial charge in [-0.3, -0.25) is 4.79 Å². The monoisotopic (exact) mass is 345 g/mol. The molecule has 126 valence electrons. The fraction of sp³-hybridized carbons (Fsp3) is 0.222. The first kappa shape index (κ1) is 17.9. The Morgan fingerprint density at radius 1 is 1.12 bits per heavy atom. The minimum atomic E-state index is -0.989. The second-order valence-electron chi connectivity index (χ2n) is 5.13. The summed E-state index contributed by atoms with van der Waals surface area (Å²) in [6.07, 6.45) is 1.11. The third-order valence-electron chi connectivity index (χ3n) is 3.40. The van der Waals surface area contributed by atoms with Crippen LogP contribution in [0.2, 0.25) is 0 Å². The highest BCUT2D eigenvalue weighted by molar-refractivity contribution is 7.98. The van der Waals surface area contributed by atoms with Crippen LogP contribution in [0.25, 0.3) is 0 Å². The number of hydrogen-bond donors (Lipinski definition) is 2. The van der Waals surface area contributed by atoms with E-state index in [-0.39, 0.29) is 13.0 Å². The summed E-state index contributed by atoms with van der Waals surface area (Å²) in [5, 5.41) is 11.7. The molecule has 1 amide bonds. The van der Waals surface area contributed by atoms with E-state index < -0.39 is 18.1 Å². The molecule has 2 aromatic carbocycles. The number of amides is 1. The molecule has 2 N–H and O–H groups in total. The van der Waals surface area contributed by atoms with Crippen molar-refractivity contribution in [3.8, 4) is 0 Å². The summed E-state index contributed by atoms with van der Waals surface area (Å²) in [4.78, 5) is 24.1. The maximum absolute atomic E-state index is 12.0. The zero-order chi connectivity index (χ0) is 17.4. The van der Waals surface area contributed by atoms with Crippen LogP contribution in [0.3, 0.4) is 0 Å². The number of carbonyl (C=O) groups excluding carboxylic acids is 1. The lowest BCUT2D eigenvalue weighted by Crippen LogP contribution is -2.30. The van der Waals surface area contributed by atoms with Gasteiger partial charge in [-0.2, -0.15) is 0 Å². The Morgan fingerprint density at radius 3 is 2.38 bits per heavy atom. The van der Waals surface area contributed by atoms with Crippen LogP contribution in [-0.4, -0.2) is 23.4 Å². The smallest absolute Gasteiger partial charge is 0.407 e. The molecule has 0 aliphatic rings. The van der Waals surface area contributed by atoms with Crippen LogP contribution in [0, 0.1) is 0 Å². The Balaban J connectivity index is 1.99. The molecule has 6 heteroatoms. The maximum atomic E-state index is 12.0. The largest absolute Gasteiger partial charge is 0.481 e. The highest BCUT2D eigenvalue weighted by Gasteiger charge is 2.19. The fourth-order valence-electron chi connectivity index (χ4n) is 2.17. The van der Waals surface area contributed by atoms with Gasteiger partial charge in [-0.05, 0) is 29.5 Å². The van der Waals surface area contributed by atoms with Gasteiger partial charge in [0.15, 0.2) is 0 Å². The minimum absolute atomic E-state index is 0.137. The molecule has 0 saturated heterocycles. The average molecular weight is 345 g/mol. The molecule has 0 heterocycles. The van der Waals surface area contributed by atoms with Crippen molar-refractivity contribution >= 4 is 23.8 Å². The maximum Gasteiger partial charge on any atom is 0.407 e. The van der Waals surface area contributed by atoms with Gasteiger partial charge in [0.1, 0.15) is 6.61 Å². The molecule has 0 fully saturated rings. The van der Waals surface area contributed by atoms with Gasteiger partial charge in [0.25, 0.3) is 0 Å². The number of alkyl carbamates (subject to hydrolysis) is 1. The molecule has 0 aliphatic heterocycles. The Bertz CT molecular complexity index is 673. The lowest BCUT2D eigenvalue weighted by atomic mass is 10.0. The molecule has 0 radical (unpaired) electrons. The van der Waals surface area contributed by atoms with Gasteiger partial charge in [-0.15, -0.1) is 11.8 Å². The van der Waals surface area contributed by atoms with Gasteiger partial charge in [0.2, 0.25) is 0 Å². The van der Waals surface area contributed by atoms with Gasteiger partial charge in [0, 0.05) is 4.90 Å². The number of rotatable bonds is 7. The van der Waals surface area contributed by atoms with Crippen LogP contribution < -0.4 is 5.32 Å². The lowest BCUT2D eigenvalue weighted by Gasteiger charge is -2.17. The molecule has 0 aliphatic carbocycles. The van der Waals surface area contributed by atoms with E-state index in [0.717, 1.165) is 16.0 Å². The standard InChI is InChI=1S/C18H19NO4S/c1-24-15-9-7-14(8-10-15)16(11-17(20)21)19-18(22)23-12-13-5-3-2-4-6-13/h2-10,16H,11-12H2,1H3,(H,19,22)(H,20,21). The summed E-state index contributed by atoms with van der Waals surface area (Å²) in [5.41, 5.74) is 1.60. The minimum Gasteiger partial charge on any atom is -0.481 e. The van der Waals surface area contributed by atoms with E-state index in [0.29, 0.717) is 0 Å². The molecular weight excluding hydrogens is 326 g/mol. The van der Waals surface area contributed by atoms with Crippen molar-refractivity contribution in [2.75, 3.05) is 6.26 Å². The van der Waals surface area contributed by atoms with Gasteiger partial charge in [-0.1, -0.05) is 42.5 Å². The average Bonchev–Trinajstić information content (AvgIpc) is 2.60. The zero-order valence-electron chi connectivity index (χ0n) is 13.3. The molecule has 5 nitrogen and oxygen atoms in total. The van der Waals surface area contributed by atoms with E-state index in [1.54, 1.807) is 11.8 Å². The van der Waals surface area contributed by atoms with Crippen molar-refractivity contribution in [2.24, 2.45) is 0 Å². The number of benzene rings is 2. The molecule has 0 spiro atoms. The summed E-state index contributed by atoms with van der Waals surface area (Å²) >= 11 is 1.59. The van der Waals surface area contributed by atoms with Gasteiger partial charge in [-0.25, -0.2) is 4.79 Å². The summed E-state index contributed by atoms with van der Waals surface area (Å²) in [6, 6.07) is 16.1. The summed E-state index contributed by atoms with van der Waals surface area (Å²) in [7, 11) is 0. The fourth-order valence-corrected chi connectivity index (χ4v) is 2.58. The Morgan fingerprint density at radius 2 is 1.79 bits per heavy atom. The third-order valence-corrected chi connectivity index (χ3v) is 4.15. The van der Waals surface area contributed by atoms with E-state index in [9.17, 15) is 9.59 Å². The predicted octanol–water partition coefficient (Wildman–Crippen LogP) is 3.85. The first-order chi connectivity index (χ1) is 11.6. The second kappa shape index (κ2) is 8.98. The van der Waals surface area contributed by atoms with Crippen molar-refractivity contribution in [3.05, 3.63) is 65.7 Å². The Labute approximate surface area is 145 Å². The van der Waals surface area contributed by atoms with Crippen LogP contribution in [0.1, 0.15) is 23.6 Å².